The van der Waals surface area contributed by atoms with Gasteiger partial charge < -0.3 is 0 Å². The van der Waals surface area contributed by atoms with Gasteiger partial charge in [-0.3, -0.25) is 15.5 Å². The minimum Gasteiger partial charge on any atom is -0.297 e. The van der Waals surface area contributed by atoms with E-state index in [-0.39, 0.29) is 5.41 Å². The van der Waals surface area contributed by atoms with Gasteiger partial charge in [-0.15, -0.1) is 0 Å². The van der Waals surface area contributed by atoms with Gasteiger partial charge >= 0.3 is 12.1 Å². The van der Waals surface area contributed by atoms with E-state index in [2.05, 4.69) is 0 Å². The molecule has 16 heavy (non-hydrogen) atoms. The summed E-state index contributed by atoms with van der Waals surface area (Å²) in [5.41, 5.74) is -0.124. The molecule has 0 unspecified atom stereocenters. The van der Waals surface area contributed by atoms with Gasteiger partial charge in [0.1, 0.15) is 0 Å². The molecule has 0 aromatic rings. The number of alkyl halides is 3. The summed E-state index contributed by atoms with van der Waals surface area (Å²) in [5.74, 6) is -2.13. The van der Waals surface area contributed by atoms with Crippen molar-refractivity contribution in [3.05, 3.63) is 11.5 Å². The van der Waals surface area contributed by atoms with Crippen LogP contribution >= 0.6 is 11.8 Å². The first kappa shape index (κ1) is 15.0. The van der Waals surface area contributed by atoms with Gasteiger partial charge in [0.05, 0.1) is 0 Å². The van der Waals surface area contributed by atoms with Crippen LogP contribution in [0.15, 0.2) is 11.5 Å². The van der Waals surface area contributed by atoms with E-state index in [0.29, 0.717) is 0 Å². The molecule has 0 rings (SSSR count). The van der Waals surface area contributed by atoms with Gasteiger partial charge in [-0.2, -0.15) is 13.2 Å². The van der Waals surface area contributed by atoms with Gasteiger partial charge in [0, 0.05) is 0 Å². The summed E-state index contributed by atoms with van der Waals surface area (Å²) in [5, 5.41) is 9.44. The predicted molar refractivity (Wildman–Crippen MR) is 58.1 cm³/mol. The van der Waals surface area contributed by atoms with Crippen LogP contribution in [0.25, 0.3) is 0 Å². The standard InChI is InChI=1S/C9H13F3N2OS/c1-8(2,3)4-5-16-7(13)14-6(15)9(10,11)12/h4-5H,1-3H3,(H2,13,14,15)/b5-4+. The molecule has 0 saturated carbocycles. The Morgan fingerprint density at radius 2 is 1.81 bits per heavy atom. The summed E-state index contributed by atoms with van der Waals surface area (Å²) < 4.78 is 35.4. The zero-order valence-corrected chi connectivity index (χ0v) is 9.92. The average molecular weight is 254 g/mol. The Labute approximate surface area is 96.0 Å². The van der Waals surface area contributed by atoms with Crippen LogP contribution in [0.5, 0.6) is 0 Å². The van der Waals surface area contributed by atoms with Crippen molar-refractivity contribution in [2.45, 2.75) is 26.9 Å². The molecule has 92 valence electrons. The van der Waals surface area contributed by atoms with E-state index < -0.39 is 17.3 Å². The lowest BCUT2D eigenvalue weighted by Gasteiger charge is -2.11. The molecule has 0 spiro atoms. The number of carbonyl (C=O) groups excluding carboxylic acids is 1. The highest BCUT2D eigenvalue weighted by Crippen LogP contribution is 2.18. The van der Waals surface area contributed by atoms with Gasteiger partial charge in [-0.05, 0) is 10.8 Å². The monoisotopic (exact) mass is 254 g/mol. The first-order valence-electron chi connectivity index (χ1n) is 4.33. The topological polar surface area (TPSA) is 53.0 Å². The summed E-state index contributed by atoms with van der Waals surface area (Å²) in [7, 11) is 0. The molecule has 1 amide bonds. The smallest absolute Gasteiger partial charge is 0.297 e. The summed E-state index contributed by atoms with van der Waals surface area (Å²) in [4.78, 5) is 10.4. The molecule has 0 aliphatic carbocycles. The van der Waals surface area contributed by atoms with Gasteiger partial charge in [-0.25, -0.2) is 0 Å². The lowest BCUT2D eigenvalue weighted by Crippen LogP contribution is -2.38. The SMILES string of the molecule is CC(C)(C)/C=C/SC(=N)NC(=O)C(F)(F)F. The highest BCUT2D eigenvalue weighted by molar-refractivity contribution is 8.16. The van der Waals surface area contributed by atoms with Crippen LogP contribution in [0.1, 0.15) is 20.8 Å². The van der Waals surface area contributed by atoms with E-state index in [0.717, 1.165) is 11.8 Å². The Bertz CT molecular complexity index is 305. The van der Waals surface area contributed by atoms with Crippen LogP contribution in [0.3, 0.4) is 0 Å². The predicted octanol–water partition coefficient (Wildman–Crippen LogP) is 2.89. The molecule has 3 nitrogen and oxygen atoms in total. The van der Waals surface area contributed by atoms with Crippen LogP contribution in [0.2, 0.25) is 0 Å². The molecule has 0 saturated heterocycles. The van der Waals surface area contributed by atoms with Crippen molar-refractivity contribution >= 4 is 22.8 Å². The molecular formula is C9H13F3N2OS. The van der Waals surface area contributed by atoms with Crippen LogP contribution in [-0.4, -0.2) is 17.3 Å². The normalized spacial score (nSPS) is 12.9. The number of amidine groups is 1. The molecule has 0 atom stereocenters. The second-order valence-corrected chi connectivity index (χ2v) is 4.98. The molecule has 0 heterocycles. The number of hydrogen-bond donors (Lipinski definition) is 2. The number of nitrogens with one attached hydrogen (secondary N) is 2. The van der Waals surface area contributed by atoms with Crippen LogP contribution in [0.4, 0.5) is 13.2 Å². The van der Waals surface area contributed by atoms with E-state index in [1.807, 2.05) is 20.8 Å². The third-order valence-electron chi connectivity index (χ3n) is 1.24. The van der Waals surface area contributed by atoms with Crippen LogP contribution in [0, 0.1) is 10.8 Å². The molecule has 2 N–H and O–H groups in total. The zero-order chi connectivity index (χ0) is 13.0. The number of allylic oxidation sites excluding steroid dienone is 1. The fourth-order valence-electron chi connectivity index (χ4n) is 0.510. The number of amides is 1. The second kappa shape index (κ2) is 5.38. The maximum absolute atomic E-state index is 11.8. The molecule has 0 aliphatic heterocycles. The van der Waals surface area contributed by atoms with Crippen LogP contribution in [-0.2, 0) is 4.79 Å². The average Bonchev–Trinajstić information content (AvgIpc) is 1.99. The molecule has 0 fully saturated rings. The van der Waals surface area contributed by atoms with Crippen molar-refractivity contribution in [2.24, 2.45) is 5.41 Å². The zero-order valence-electron chi connectivity index (χ0n) is 9.11. The molecule has 7 heteroatoms. The lowest BCUT2D eigenvalue weighted by atomic mass is 9.98. The molecular weight excluding hydrogens is 241 g/mol. The van der Waals surface area contributed by atoms with Crippen molar-refractivity contribution in [1.82, 2.24) is 5.32 Å². The molecule has 0 radical (unpaired) electrons. The van der Waals surface area contributed by atoms with E-state index in [1.165, 1.54) is 10.7 Å². The summed E-state index contributed by atoms with van der Waals surface area (Å²) >= 11 is 0.719. The van der Waals surface area contributed by atoms with E-state index in [9.17, 15) is 18.0 Å². The summed E-state index contributed by atoms with van der Waals surface area (Å²) in [6, 6.07) is 0. The maximum atomic E-state index is 11.8. The molecule has 0 aromatic carbocycles. The third-order valence-corrected chi connectivity index (χ3v) is 1.85. The maximum Gasteiger partial charge on any atom is 0.471 e. The third kappa shape index (κ3) is 7.33. The molecule has 0 aromatic heterocycles. The van der Waals surface area contributed by atoms with Crippen molar-refractivity contribution in [2.75, 3.05) is 0 Å². The van der Waals surface area contributed by atoms with E-state index >= 15 is 0 Å². The first-order chi connectivity index (χ1) is 7.02. The van der Waals surface area contributed by atoms with E-state index in [4.69, 9.17) is 5.41 Å². The van der Waals surface area contributed by atoms with Crippen molar-refractivity contribution in [1.29, 1.82) is 5.41 Å². The minimum atomic E-state index is -4.96. The number of rotatable bonds is 1. The number of halogens is 3. The minimum absolute atomic E-state index is 0.124. The number of thioether (sulfide) groups is 1. The number of carbonyl (C=O) groups is 1. The Morgan fingerprint density at radius 3 is 2.19 bits per heavy atom. The fourth-order valence-corrected chi connectivity index (χ4v) is 1.27. The van der Waals surface area contributed by atoms with Gasteiger partial charge in [0.15, 0.2) is 5.17 Å². The Morgan fingerprint density at radius 1 is 1.31 bits per heavy atom. The Hall–Kier alpha value is -0.980. The highest BCUT2D eigenvalue weighted by atomic mass is 32.2. The van der Waals surface area contributed by atoms with E-state index in [1.54, 1.807) is 6.08 Å². The fraction of sp³-hybridized carbons (Fsp3) is 0.556. The Kier molecular flexibility index (Phi) is 5.05. The van der Waals surface area contributed by atoms with Gasteiger partial charge in [0.2, 0.25) is 0 Å². The number of hydrogen-bond acceptors (Lipinski definition) is 3. The van der Waals surface area contributed by atoms with Crippen LogP contribution < -0.4 is 5.32 Å². The van der Waals surface area contributed by atoms with Crippen molar-refractivity contribution in [3.63, 3.8) is 0 Å². The largest absolute Gasteiger partial charge is 0.471 e. The van der Waals surface area contributed by atoms with Crippen molar-refractivity contribution < 1.29 is 18.0 Å². The highest BCUT2D eigenvalue weighted by Gasteiger charge is 2.39. The first-order valence-corrected chi connectivity index (χ1v) is 5.21. The second-order valence-electron chi connectivity index (χ2n) is 4.07. The summed E-state index contributed by atoms with van der Waals surface area (Å²) in [6.45, 7) is 5.71. The quantitative estimate of drug-likeness (QED) is 0.558. The van der Waals surface area contributed by atoms with Gasteiger partial charge in [-0.1, -0.05) is 38.6 Å². The van der Waals surface area contributed by atoms with Gasteiger partial charge in [0.25, 0.3) is 0 Å². The summed E-state index contributed by atoms with van der Waals surface area (Å²) in [6.07, 6.45) is -3.23. The molecule has 0 aliphatic rings. The van der Waals surface area contributed by atoms with Crippen molar-refractivity contribution in [3.8, 4) is 0 Å². The Balaban J connectivity index is 4.12. The molecule has 0 bridgehead atoms. The lowest BCUT2D eigenvalue weighted by molar-refractivity contribution is -0.171.